The fraction of sp³-hybridized carbons (Fsp3) is 0.133. The highest BCUT2D eigenvalue weighted by molar-refractivity contribution is 8.08. The Balaban J connectivity index is 0.000000573. The Hall–Kier alpha value is -4.50. The van der Waals surface area contributed by atoms with Crippen LogP contribution in [0.2, 0.25) is 0 Å². The zero-order valence-corrected chi connectivity index (χ0v) is 26.3. The van der Waals surface area contributed by atoms with Crippen molar-refractivity contribution in [3.05, 3.63) is 105 Å². The molecular weight excluding hydrogens is 623 g/mol. The van der Waals surface area contributed by atoms with Gasteiger partial charge >= 0.3 is 0 Å². The molecule has 2 aromatic heterocycles. The molecule has 4 aromatic rings. The molecule has 0 unspecified atom stereocenters. The zero-order valence-electron chi connectivity index (χ0n) is 23.9. The lowest BCUT2D eigenvalue weighted by molar-refractivity contribution is -0.112. The minimum Gasteiger partial charge on any atom is -0.497 e. The number of pyridine rings is 1. The maximum absolute atomic E-state index is 13.6. The number of carbonyl (C=O) groups excluding carboxylic acids is 1. The summed E-state index contributed by atoms with van der Waals surface area (Å²) in [6, 6.07) is 16.7. The summed E-state index contributed by atoms with van der Waals surface area (Å²) in [4.78, 5) is 33.5. The lowest BCUT2D eigenvalue weighted by Gasteiger charge is -2.13. The Morgan fingerprint density at radius 3 is 2.43 bits per heavy atom. The molecule has 0 spiro atoms. The summed E-state index contributed by atoms with van der Waals surface area (Å²) in [6.07, 6.45) is 5.08. The summed E-state index contributed by atoms with van der Waals surface area (Å²) >= 11 is 2.65. The SMILES string of the molecule is C=CCn1c(=O)/c(=C2/Sc3ccc(OC)cc3N2C)s/c1=C1\C(=O)N(c2cccc(S(=O)(=O)O)c2)N=C1C.c1ccncc1. The number of ether oxygens (including phenoxy) is 1. The van der Waals surface area contributed by atoms with Crippen LogP contribution in [0.3, 0.4) is 0 Å². The number of anilines is 2. The molecule has 0 bridgehead atoms. The fourth-order valence-corrected chi connectivity index (χ4v) is 7.55. The molecule has 226 valence electrons. The number of thioether (sulfide) groups is 1. The van der Waals surface area contributed by atoms with Crippen LogP contribution >= 0.6 is 23.1 Å². The van der Waals surface area contributed by atoms with E-state index in [1.807, 2.05) is 48.3 Å². The Morgan fingerprint density at radius 1 is 1.07 bits per heavy atom. The van der Waals surface area contributed by atoms with Crippen LogP contribution in [0.4, 0.5) is 11.4 Å². The third kappa shape index (κ3) is 5.97. The molecule has 0 saturated heterocycles. The summed E-state index contributed by atoms with van der Waals surface area (Å²) < 4.78 is 40.3. The molecule has 4 heterocycles. The third-order valence-corrected chi connectivity index (χ3v) is 9.99. The van der Waals surface area contributed by atoms with Crippen molar-refractivity contribution in [2.24, 2.45) is 5.10 Å². The van der Waals surface area contributed by atoms with Gasteiger partial charge in [-0.3, -0.25) is 23.7 Å². The van der Waals surface area contributed by atoms with Gasteiger partial charge in [-0.2, -0.15) is 18.5 Å². The molecule has 2 aliphatic rings. The van der Waals surface area contributed by atoms with Gasteiger partial charge < -0.3 is 9.64 Å². The van der Waals surface area contributed by atoms with Gasteiger partial charge in [-0.1, -0.05) is 30.0 Å². The van der Waals surface area contributed by atoms with Crippen molar-refractivity contribution in [1.82, 2.24) is 9.55 Å². The van der Waals surface area contributed by atoms with Crippen molar-refractivity contribution in [3.63, 3.8) is 0 Å². The van der Waals surface area contributed by atoms with E-state index in [1.54, 1.807) is 32.5 Å². The predicted octanol–water partition coefficient (Wildman–Crippen LogP) is 3.31. The quantitative estimate of drug-likeness (QED) is 0.255. The van der Waals surface area contributed by atoms with Crippen molar-refractivity contribution in [1.29, 1.82) is 0 Å². The molecule has 11 nitrogen and oxygen atoms in total. The summed E-state index contributed by atoms with van der Waals surface area (Å²) in [7, 11) is -1.01. The summed E-state index contributed by atoms with van der Waals surface area (Å²) in [5.41, 5.74) is 1.39. The van der Waals surface area contributed by atoms with E-state index in [-0.39, 0.29) is 28.3 Å². The Labute approximate surface area is 261 Å². The van der Waals surface area contributed by atoms with Crippen molar-refractivity contribution < 1.29 is 22.5 Å². The number of hydrazone groups is 1. The number of nitrogens with zero attached hydrogens (tertiary/aromatic N) is 5. The molecule has 44 heavy (non-hydrogen) atoms. The average molecular weight is 650 g/mol. The van der Waals surface area contributed by atoms with Gasteiger partial charge in [0, 0.05) is 36.9 Å². The largest absolute Gasteiger partial charge is 0.497 e. The highest BCUT2D eigenvalue weighted by Gasteiger charge is 2.33. The third-order valence-electron chi connectivity index (χ3n) is 6.59. The number of fused-ring (bicyclic) bond motifs is 1. The first kappa shape index (κ1) is 30.9. The van der Waals surface area contributed by atoms with Crippen LogP contribution in [-0.4, -0.2) is 48.3 Å². The van der Waals surface area contributed by atoms with Crippen LogP contribution < -0.4 is 29.4 Å². The molecule has 1 N–H and O–H groups in total. The van der Waals surface area contributed by atoms with Gasteiger partial charge in [-0.05, 0) is 49.4 Å². The Kier molecular flexibility index (Phi) is 8.87. The lowest BCUT2D eigenvalue weighted by Crippen LogP contribution is -2.35. The molecule has 0 fully saturated rings. The van der Waals surface area contributed by atoms with E-state index in [4.69, 9.17) is 4.74 Å². The van der Waals surface area contributed by atoms with Gasteiger partial charge in [0.1, 0.15) is 20.0 Å². The standard InChI is InChI=1S/C25H22N4O6S3.C5H5N/c1-5-11-28-23(31)21(25-27(3)18-13-16(35-4)9-10-19(18)36-25)37-24(28)20-14(2)26-29(22(20)30)15-7-6-8-17(12-15)38(32,33)34;1-2-4-6-5-3-1/h5-10,12-13H,1,11H2,2-4H3,(H,32,33,34);1-5H/b24-20-,25-21-;. The van der Waals surface area contributed by atoms with Crippen LogP contribution in [0.5, 0.6) is 5.75 Å². The summed E-state index contributed by atoms with van der Waals surface area (Å²) in [6.45, 7) is 5.59. The second kappa shape index (κ2) is 12.6. The number of rotatable bonds is 5. The minimum absolute atomic E-state index is 0.165. The fourth-order valence-electron chi connectivity index (χ4n) is 4.50. The molecule has 0 atom stereocenters. The van der Waals surface area contributed by atoms with E-state index in [0.717, 1.165) is 26.7 Å². The number of aromatic nitrogens is 2. The number of amides is 1. The van der Waals surface area contributed by atoms with E-state index < -0.39 is 16.0 Å². The Morgan fingerprint density at radius 2 is 1.82 bits per heavy atom. The van der Waals surface area contributed by atoms with Crippen LogP contribution in [-0.2, 0) is 21.5 Å². The maximum Gasteiger partial charge on any atom is 0.294 e. The number of thiazole rings is 1. The molecule has 0 saturated carbocycles. The van der Waals surface area contributed by atoms with E-state index in [9.17, 15) is 22.6 Å². The van der Waals surface area contributed by atoms with Gasteiger partial charge in [-0.15, -0.1) is 17.9 Å². The number of benzene rings is 2. The summed E-state index contributed by atoms with van der Waals surface area (Å²) in [5.74, 6) is 0.177. The molecular formula is C30H27N5O6S3. The Bertz CT molecular complexity index is 2060. The summed E-state index contributed by atoms with van der Waals surface area (Å²) in [5, 5.41) is 6.13. The highest BCUT2D eigenvalue weighted by Crippen LogP contribution is 2.46. The van der Waals surface area contributed by atoms with Gasteiger partial charge in [0.05, 0.1) is 34.7 Å². The first-order valence-electron chi connectivity index (χ1n) is 13.1. The zero-order chi connectivity index (χ0) is 31.6. The smallest absolute Gasteiger partial charge is 0.294 e. The second-order valence-corrected chi connectivity index (χ2v) is 12.9. The second-order valence-electron chi connectivity index (χ2n) is 9.42. The number of carbonyl (C=O) groups is 1. The number of allylic oxidation sites excluding steroid dienone is 1. The number of hydrogen-bond donors (Lipinski definition) is 1. The molecule has 2 aliphatic heterocycles. The molecule has 14 heteroatoms. The van der Waals surface area contributed by atoms with Crippen LogP contribution in [0.1, 0.15) is 6.92 Å². The minimum atomic E-state index is -4.48. The van der Waals surface area contributed by atoms with Crippen molar-refractivity contribution in [3.8, 4) is 5.75 Å². The van der Waals surface area contributed by atoms with Gasteiger partial charge in [0.2, 0.25) is 0 Å². The highest BCUT2D eigenvalue weighted by atomic mass is 32.2. The number of methoxy groups -OCH3 is 1. The van der Waals surface area contributed by atoms with Crippen LogP contribution in [0, 0.1) is 0 Å². The molecule has 0 aliphatic carbocycles. The van der Waals surface area contributed by atoms with Crippen molar-refractivity contribution in [2.45, 2.75) is 23.3 Å². The van der Waals surface area contributed by atoms with E-state index in [2.05, 4.69) is 16.7 Å². The van der Waals surface area contributed by atoms with Crippen molar-refractivity contribution in [2.75, 3.05) is 24.1 Å². The van der Waals surface area contributed by atoms with Crippen molar-refractivity contribution >= 4 is 66.8 Å². The molecule has 6 rings (SSSR count). The van der Waals surface area contributed by atoms with Gasteiger partial charge in [-0.25, -0.2) is 0 Å². The van der Waals surface area contributed by atoms with E-state index in [0.29, 0.717) is 20.7 Å². The predicted molar refractivity (Wildman–Crippen MR) is 173 cm³/mol. The maximum atomic E-state index is 13.6. The topological polar surface area (TPSA) is 134 Å². The monoisotopic (exact) mass is 649 g/mol. The van der Waals surface area contributed by atoms with Gasteiger partial charge in [0.25, 0.3) is 21.6 Å². The van der Waals surface area contributed by atoms with Crippen LogP contribution in [0.15, 0.2) is 105 Å². The molecule has 1 amide bonds. The number of hydrogen-bond acceptors (Lipinski definition) is 10. The first-order valence-corrected chi connectivity index (χ1v) is 16.1. The molecule has 2 aromatic carbocycles. The molecule has 0 radical (unpaired) electrons. The lowest BCUT2D eigenvalue weighted by atomic mass is 10.2. The average Bonchev–Trinajstić information content (AvgIpc) is 3.63. The van der Waals surface area contributed by atoms with E-state index in [1.165, 1.54) is 45.9 Å². The first-order chi connectivity index (χ1) is 21.0. The van der Waals surface area contributed by atoms with Crippen LogP contribution in [0.25, 0.3) is 10.6 Å². The normalized spacial score (nSPS) is 16.7. The van der Waals surface area contributed by atoms with E-state index >= 15 is 0 Å². The van der Waals surface area contributed by atoms with Gasteiger partial charge in [0.15, 0.2) is 0 Å².